The Hall–Kier alpha value is -1.77. The van der Waals surface area contributed by atoms with Gasteiger partial charge in [0.15, 0.2) is 0 Å². The van der Waals surface area contributed by atoms with E-state index in [-0.39, 0.29) is 11.9 Å². The smallest absolute Gasteiger partial charge is 0.224 e. The minimum absolute atomic E-state index is 0.0595. The molecular weight excluding hydrogens is 260 g/mol. The lowest BCUT2D eigenvalue weighted by Crippen LogP contribution is -2.37. The van der Waals surface area contributed by atoms with Gasteiger partial charge in [-0.1, -0.05) is 37.0 Å². The predicted molar refractivity (Wildman–Crippen MR) is 89.8 cm³/mol. The van der Waals surface area contributed by atoms with Crippen LogP contribution in [0.3, 0.4) is 0 Å². The summed E-state index contributed by atoms with van der Waals surface area (Å²) < 4.78 is 0. The lowest BCUT2D eigenvalue weighted by atomic mass is 9.96. The van der Waals surface area contributed by atoms with Crippen molar-refractivity contribution in [3.8, 4) is 0 Å². The SMILES string of the molecule is C=C(/C(=C\C)CC(=O)NC(C)C1C=CC=CCC1)N(C)C. The maximum atomic E-state index is 12.2. The van der Waals surface area contributed by atoms with Gasteiger partial charge in [0.05, 0.1) is 6.42 Å². The summed E-state index contributed by atoms with van der Waals surface area (Å²) >= 11 is 0. The lowest BCUT2D eigenvalue weighted by Gasteiger charge is -2.23. The molecule has 0 aliphatic heterocycles. The molecule has 1 aliphatic carbocycles. The summed E-state index contributed by atoms with van der Waals surface area (Å²) in [4.78, 5) is 14.2. The average Bonchev–Trinajstić information content (AvgIpc) is 2.72. The molecule has 2 atom stereocenters. The number of carbonyl (C=O) groups excluding carboxylic acids is 1. The largest absolute Gasteiger partial charge is 0.378 e. The molecule has 116 valence electrons. The van der Waals surface area contributed by atoms with Gasteiger partial charge < -0.3 is 10.2 Å². The summed E-state index contributed by atoms with van der Waals surface area (Å²) in [6.45, 7) is 8.04. The third-order valence-electron chi connectivity index (χ3n) is 3.91. The van der Waals surface area contributed by atoms with Crippen molar-refractivity contribution >= 4 is 5.91 Å². The van der Waals surface area contributed by atoms with Gasteiger partial charge in [0.2, 0.25) is 5.91 Å². The Bertz CT molecular complexity index is 458. The molecule has 0 aromatic carbocycles. The highest BCUT2D eigenvalue weighted by Gasteiger charge is 2.18. The molecule has 0 spiro atoms. The highest BCUT2D eigenvalue weighted by Crippen LogP contribution is 2.18. The van der Waals surface area contributed by atoms with Crippen LogP contribution < -0.4 is 5.32 Å². The van der Waals surface area contributed by atoms with Gasteiger partial charge in [-0.05, 0) is 38.2 Å². The van der Waals surface area contributed by atoms with Crippen LogP contribution in [0.25, 0.3) is 0 Å². The lowest BCUT2D eigenvalue weighted by molar-refractivity contribution is -0.121. The first-order chi connectivity index (χ1) is 9.95. The Labute approximate surface area is 129 Å². The van der Waals surface area contributed by atoms with Crippen LogP contribution in [-0.4, -0.2) is 30.9 Å². The minimum atomic E-state index is 0.0595. The number of amides is 1. The number of nitrogens with one attached hydrogen (secondary N) is 1. The highest BCUT2D eigenvalue weighted by molar-refractivity contribution is 5.79. The van der Waals surface area contributed by atoms with Gasteiger partial charge in [0.1, 0.15) is 0 Å². The molecule has 3 heteroatoms. The van der Waals surface area contributed by atoms with Crippen LogP contribution in [0, 0.1) is 5.92 Å². The van der Waals surface area contributed by atoms with Crippen molar-refractivity contribution < 1.29 is 4.79 Å². The first-order valence-electron chi connectivity index (χ1n) is 7.60. The Morgan fingerprint density at radius 3 is 2.81 bits per heavy atom. The number of carbonyl (C=O) groups is 1. The highest BCUT2D eigenvalue weighted by atomic mass is 16.1. The first-order valence-corrected chi connectivity index (χ1v) is 7.60. The van der Waals surface area contributed by atoms with Gasteiger partial charge in [0, 0.05) is 25.8 Å². The van der Waals surface area contributed by atoms with Gasteiger partial charge >= 0.3 is 0 Å². The van der Waals surface area contributed by atoms with E-state index in [1.807, 2.05) is 32.0 Å². The molecule has 0 heterocycles. The van der Waals surface area contributed by atoms with Gasteiger partial charge in [0.25, 0.3) is 0 Å². The number of hydrogen-bond acceptors (Lipinski definition) is 2. The summed E-state index contributed by atoms with van der Waals surface area (Å²) in [5, 5.41) is 3.12. The third kappa shape index (κ3) is 5.62. The molecule has 1 amide bonds. The Morgan fingerprint density at radius 1 is 1.48 bits per heavy atom. The Balaban J connectivity index is 2.54. The molecule has 0 saturated carbocycles. The van der Waals surface area contributed by atoms with E-state index in [0.29, 0.717) is 12.3 Å². The molecule has 1 aliphatic rings. The van der Waals surface area contributed by atoms with E-state index in [4.69, 9.17) is 0 Å². The number of nitrogens with zero attached hydrogens (tertiary/aromatic N) is 1. The minimum Gasteiger partial charge on any atom is -0.378 e. The van der Waals surface area contributed by atoms with E-state index in [9.17, 15) is 4.79 Å². The maximum absolute atomic E-state index is 12.2. The summed E-state index contributed by atoms with van der Waals surface area (Å²) in [5.74, 6) is 0.458. The number of hydrogen-bond donors (Lipinski definition) is 1. The molecule has 0 bridgehead atoms. The topological polar surface area (TPSA) is 32.3 Å². The van der Waals surface area contributed by atoms with E-state index in [2.05, 4.69) is 43.1 Å². The van der Waals surface area contributed by atoms with Crippen molar-refractivity contribution in [1.82, 2.24) is 10.2 Å². The fourth-order valence-electron chi connectivity index (χ4n) is 2.43. The zero-order valence-corrected chi connectivity index (χ0v) is 13.7. The van der Waals surface area contributed by atoms with Crippen LogP contribution in [0.4, 0.5) is 0 Å². The number of likely N-dealkylation sites (N-methyl/N-ethyl adjacent to an activating group) is 1. The molecule has 3 nitrogen and oxygen atoms in total. The molecule has 21 heavy (non-hydrogen) atoms. The van der Waals surface area contributed by atoms with Crippen molar-refractivity contribution in [2.75, 3.05) is 14.1 Å². The summed E-state index contributed by atoms with van der Waals surface area (Å²) in [6.07, 6.45) is 13.0. The Kier molecular flexibility index (Phi) is 7.00. The predicted octanol–water partition coefficient (Wildman–Crippen LogP) is 3.43. The molecule has 1 rings (SSSR count). The fraction of sp³-hybridized carbons (Fsp3) is 0.500. The number of rotatable bonds is 6. The second kappa shape index (κ2) is 8.50. The third-order valence-corrected chi connectivity index (χ3v) is 3.91. The number of allylic oxidation sites excluding steroid dienone is 5. The van der Waals surface area contributed by atoms with Crippen LogP contribution in [0.1, 0.15) is 33.1 Å². The zero-order chi connectivity index (χ0) is 15.8. The molecule has 0 aromatic rings. The van der Waals surface area contributed by atoms with E-state index < -0.39 is 0 Å². The first kappa shape index (κ1) is 17.3. The second-order valence-electron chi connectivity index (χ2n) is 5.74. The van der Waals surface area contributed by atoms with Crippen LogP contribution in [0.2, 0.25) is 0 Å². The summed E-state index contributed by atoms with van der Waals surface area (Å²) in [5.41, 5.74) is 1.86. The summed E-state index contributed by atoms with van der Waals surface area (Å²) in [7, 11) is 3.88. The Morgan fingerprint density at radius 2 is 2.19 bits per heavy atom. The van der Waals surface area contributed by atoms with E-state index in [0.717, 1.165) is 24.1 Å². The van der Waals surface area contributed by atoms with Crippen LogP contribution in [0.5, 0.6) is 0 Å². The van der Waals surface area contributed by atoms with Gasteiger partial charge in [-0.15, -0.1) is 0 Å². The molecule has 2 unspecified atom stereocenters. The van der Waals surface area contributed by atoms with Crippen LogP contribution >= 0.6 is 0 Å². The standard InChI is InChI=1S/C18H28N2O/c1-6-16(15(3)20(4)5)13-18(21)19-14(2)17-11-9-7-8-10-12-17/h6-9,11,14,17H,3,10,12-13H2,1-2,4-5H3,(H,19,21)/b16-6-. The van der Waals surface area contributed by atoms with Gasteiger partial charge in [-0.2, -0.15) is 0 Å². The maximum Gasteiger partial charge on any atom is 0.224 e. The van der Waals surface area contributed by atoms with Crippen LogP contribution in [0.15, 0.2) is 48.2 Å². The quantitative estimate of drug-likeness (QED) is 0.760. The van der Waals surface area contributed by atoms with Crippen molar-refractivity contribution in [3.05, 3.63) is 48.2 Å². The monoisotopic (exact) mass is 288 g/mol. The normalized spacial score (nSPS) is 19.8. The van der Waals surface area contributed by atoms with E-state index in [1.165, 1.54) is 0 Å². The summed E-state index contributed by atoms with van der Waals surface area (Å²) in [6, 6.07) is 0.152. The van der Waals surface area contributed by atoms with Crippen molar-refractivity contribution in [2.45, 2.75) is 39.2 Å². The van der Waals surface area contributed by atoms with Crippen molar-refractivity contribution in [1.29, 1.82) is 0 Å². The van der Waals surface area contributed by atoms with Gasteiger partial charge in [-0.25, -0.2) is 0 Å². The molecule has 0 radical (unpaired) electrons. The fourth-order valence-corrected chi connectivity index (χ4v) is 2.43. The average molecular weight is 288 g/mol. The molecule has 0 aromatic heterocycles. The van der Waals surface area contributed by atoms with Crippen molar-refractivity contribution in [2.24, 2.45) is 5.92 Å². The van der Waals surface area contributed by atoms with E-state index >= 15 is 0 Å². The second-order valence-corrected chi connectivity index (χ2v) is 5.74. The van der Waals surface area contributed by atoms with Gasteiger partial charge in [-0.3, -0.25) is 4.79 Å². The molecular formula is C18H28N2O. The van der Waals surface area contributed by atoms with Crippen molar-refractivity contribution in [3.63, 3.8) is 0 Å². The molecule has 0 fully saturated rings. The zero-order valence-electron chi connectivity index (χ0n) is 13.7. The van der Waals surface area contributed by atoms with Crippen LogP contribution in [-0.2, 0) is 4.79 Å². The molecule has 1 N–H and O–H groups in total. The van der Waals surface area contributed by atoms with E-state index in [1.54, 1.807) is 0 Å². The molecule has 0 saturated heterocycles.